The van der Waals surface area contributed by atoms with Crippen molar-refractivity contribution in [1.82, 2.24) is 5.32 Å². The van der Waals surface area contributed by atoms with Gasteiger partial charge in [-0.3, -0.25) is 0 Å². The molecule has 0 aliphatic heterocycles. The molecule has 0 fully saturated rings. The lowest BCUT2D eigenvalue weighted by Crippen LogP contribution is -2.19. The SMILES string of the molecule is CNC(c1cc(F)c(Cl)cc1F)c1ccc(Cl)cc1Cl. The Bertz CT molecular complexity index is 647. The number of hydrogen-bond acceptors (Lipinski definition) is 1. The van der Waals surface area contributed by atoms with Crippen LogP contribution in [0.2, 0.25) is 15.1 Å². The van der Waals surface area contributed by atoms with E-state index in [1.807, 2.05) is 0 Å². The van der Waals surface area contributed by atoms with Gasteiger partial charge in [-0.05, 0) is 36.9 Å². The first-order valence-electron chi connectivity index (χ1n) is 5.70. The minimum Gasteiger partial charge on any atom is -0.309 e. The molecule has 106 valence electrons. The first-order chi connectivity index (χ1) is 9.43. The van der Waals surface area contributed by atoms with Crippen LogP contribution in [0, 0.1) is 11.6 Å². The Balaban J connectivity index is 2.55. The second kappa shape index (κ2) is 6.27. The second-order valence-electron chi connectivity index (χ2n) is 4.18. The summed E-state index contributed by atoms with van der Waals surface area (Å²) in [6, 6.07) is 6.25. The molecule has 0 saturated carbocycles. The summed E-state index contributed by atoms with van der Waals surface area (Å²) in [7, 11) is 1.63. The first-order valence-corrected chi connectivity index (χ1v) is 6.84. The summed E-state index contributed by atoms with van der Waals surface area (Å²) >= 11 is 17.5. The highest BCUT2D eigenvalue weighted by Gasteiger charge is 2.21. The quantitative estimate of drug-likeness (QED) is 0.756. The van der Waals surface area contributed by atoms with Crippen LogP contribution < -0.4 is 5.32 Å². The van der Waals surface area contributed by atoms with E-state index in [4.69, 9.17) is 34.8 Å². The molecule has 0 heterocycles. The molecule has 2 aromatic carbocycles. The number of benzene rings is 2. The molecule has 0 amide bonds. The lowest BCUT2D eigenvalue weighted by molar-refractivity contribution is 0.558. The lowest BCUT2D eigenvalue weighted by atomic mass is 9.98. The maximum Gasteiger partial charge on any atom is 0.142 e. The van der Waals surface area contributed by atoms with E-state index in [2.05, 4.69) is 5.32 Å². The molecule has 0 aliphatic rings. The van der Waals surface area contributed by atoms with Crippen LogP contribution in [0.25, 0.3) is 0 Å². The highest BCUT2D eigenvalue weighted by molar-refractivity contribution is 6.35. The molecule has 1 nitrogen and oxygen atoms in total. The van der Waals surface area contributed by atoms with E-state index >= 15 is 0 Å². The van der Waals surface area contributed by atoms with Gasteiger partial charge in [-0.25, -0.2) is 8.78 Å². The molecule has 1 unspecified atom stereocenters. The lowest BCUT2D eigenvalue weighted by Gasteiger charge is -2.19. The average molecular weight is 337 g/mol. The molecule has 0 aliphatic carbocycles. The molecular formula is C14H10Cl3F2N. The summed E-state index contributed by atoms with van der Waals surface area (Å²) in [6.07, 6.45) is 0. The predicted molar refractivity (Wildman–Crippen MR) is 78.7 cm³/mol. The Morgan fingerprint density at radius 3 is 2.20 bits per heavy atom. The van der Waals surface area contributed by atoms with E-state index in [0.717, 1.165) is 12.1 Å². The summed E-state index contributed by atoms with van der Waals surface area (Å²) in [5.74, 6) is -1.30. The third-order valence-electron chi connectivity index (χ3n) is 2.91. The highest BCUT2D eigenvalue weighted by atomic mass is 35.5. The van der Waals surface area contributed by atoms with Gasteiger partial charge in [0.1, 0.15) is 11.6 Å². The second-order valence-corrected chi connectivity index (χ2v) is 5.43. The smallest absolute Gasteiger partial charge is 0.142 e. The number of nitrogens with one attached hydrogen (secondary N) is 1. The molecule has 0 aromatic heterocycles. The van der Waals surface area contributed by atoms with Crippen LogP contribution in [0.3, 0.4) is 0 Å². The first kappa shape index (κ1) is 15.5. The van der Waals surface area contributed by atoms with Crippen LogP contribution in [0.1, 0.15) is 17.2 Å². The van der Waals surface area contributed by atoms with Crippen molar-refractivity contribution in [3.63, 3.8) is 0 Å². The van der Waals surface area contributed by atoms with Crippen LogP contribution in [0.15, 0.2) is 30.3 Å². The molecule has 0 radical (unpaired) electrons. The van der Waals surface area contributed by atoms with Gasteiger partial charge in [0.2, 0.25) is 0 Å². The maximum atomic E-state index is 14.0. The Morgan fingerprint density at radius 1 is 0.900 bits per heavy atom. The zero-order valence-corrected chi connectivity index (χ0v) is 12.6. The van der Waals surface area contributed by atoms with Crippen molar-refractivity contribution in [2.45, 2.75) is 6.04 Å². The Labute approximate surface area is 130 Å². The van der Waals surface area contributed by atoms with Gasteiger partial charge in [-0.15, -0.1) is 0 Å². The summed E-state index contributed by atoms with van der Waals surface area (Å²) in [5.41, 5.74) is 0.720. The molecule has 20 heavy (non-hydrogen) atoms. The van der Waals surface area contributed by atoms with Crippen molar-refractivity contribution < 1.29 is 8.78 Å². The molecular weight excluding hydrogens is 327 g/mol. The van der Waals surface area contributed by atoms with Crippen molar-refractivity contribution in [1.29, 1.82) is 0 Å². The predicted octanol–water partition coefficient (Wildman–Crippen LogP) is 5.23. The highest BCUT2D eigenvalue weighted by Crippen LogP contribution is 2.33. The van der Waals surface area contributed by atoms with E-state index in [1.165, 1.54) is 0 Å². The van der Waals surface area contributed by atoms with Crippen molar-refractivity contribution in [2.24, 2.45) is 0 Å². The van der Waals surface area contributed by atoms with Gasteiger partial charge in [-0.2, -0.15) is 0 Å². The van der Waals surface area contributed by atoms with Crippen LogP contribution in [0.5, 0.6) is 0 Å². The van der Waals surface area contributed by atoms with E-state index in [9.17, 15) is 8.78 Å². The number of hydrogen-bond donors (Lipinski definition) is 1. The van der Waals surface area contributed by atoms with Gasteiger partial charge in [0.15, 0.2) is 0 Å². The monoisotopic (exact) mass is 335 g/mol. The maximum absolute atomic E-state index is 14.0. The van der Waals surface area contributed by atoms with Gasteiger partial charge in [0.25, 0.3) is 0 Å². The number of rotatable bonds is 3. The zero-order chi connectivity index (χ0) is 14.9. The fraction of sp³-hybridized carbons (Fsp3) is 0.143. The third kappa shape index (κ3) is 3.07. The molecule has 1 atom stereocenters. The zero-order valence-electron chi connectivity index (χ0n) is 10.4. The van der Waals surface area contributed by atoms with Crippen LogP contribution in [0.4, 0.5) is 8.78 Å². The number of halogens is 5. The summed E-state index contributed by atoms with van der Waals surface area (Å²) in [5, 5.41) is 3.48. The fourth-order valence-electron chi connectivity index (χ4n) is 1.97. The minimum absolute atomic E-state index is 0.124. The van der Waals surface area contributed by atoms with E-state index < -0.39 is 17.7 Å². The normalized spacial score (nSPS) is 12.5. The molecule has 0 spiro atoms. The van der Waals surface area contributed by atoms with E-state index in [-0.39, 0.29) is 10.6 Å². The van der Waals surface area contributed by atoms with Gasteiger partial charge in [0, 0.05) is 15.6 Å². The van der Waals surface area contributed by atoms with E-state index in [0.29, 0.717) is 15.6 Å². The summed E-state index contributed by atoms with van der Waals surface area (Å²) in [4.78, 5) is 0. The van der Waals surface area contributed by atoms with Crippen LogP contribution in [-0.4, -0.2) is 7.05 Å². The van der Waals surface area contributed by atoms with Crippen molar-refractivity contribution in [2.75, 3.05) is 7.05 Å². The van der Waals surface area contributed by atoms with Crippen molar-refractivity contribution in [3.8, 4) is 0 Å². The Hall–Kier alpha value is -0.870. The van der Waals surface area contributed by atoms with E-state index in [1.54, 1.807) is 25.2 Å². The summed E-state index contributed by atoms with van der Waals surface area (Å²) < 4.78 is 27.6. The Kier molecular flexibility index (Phi) is 4.86. The van der Waals surface area contributed by atoms with Gasteiger partial charge in [0.05, 0.1) is 11.1 Å². The van der Waals surface area contributed by atoms with Crippen molar-refractivity contribution >= 4 is 34.8 Å². The van der Waals surface area contributed by atoms with Crippen LogP contribution >= 0.6 is 34.8 Å². The largest absolute Gasteiger partial charge is 0.309 e. The standard InChI is InChI=1S/C14H10Cl3F2N/c1-20-14(8-3-2-7(15)4-10(8)16)9-5-13(19)11(17)6-12(9)18/h2-6,14,20H,1H3. The van der Waals surface area contributed by atoms with Crippen LogP contribution in [-0.2, 0) is 0 Å². The molecule has 0 saturated heterocycles. The van der Waals surface area contributed by atoms with Gasteiger partial charge in [-0.1, -0.05) is 40.9 Å². The summed E-state index contributed by atoms with van der Waals surface area (Å²) in [6.45, 7) is 0. The minimum atomic E-state index is -0.687. The molecule has 2 aromatic rings. The third-order valence-corrected chi connectivity index (χ3v) is 3.76. The Morgan fingerprint density at radius 2 is 1.60 bits per heavy atom. The van der Waals surface area contributed by atoms with Gasteiger partial charge >= 0.3 is 0 Å². The average Bonchev–Trinajstić information content (AvgIpc) is 2.38. The van der Waals surface area contributed by atoms with Crippen molar-refractivity contribution in [3.05, 3.63) is 68.2 Å². The molecule has 1 N–H and O–H groups in total. The van der Waals surface area contributed by atoms with Gasteiger partial charge < -0.3 is 5.32 Å². The molecule has 6 heteroatoms. The molecule has 0 bridgehead atoms. The fourth-order valence-corrected chi connectivity index (χ4v) is 2.64. The molecule has 2 rings (SSSR count). The topological polar surface area (TPSA) is 12.0 Å².